The van der Waals surface area contributed by atoms with Crippen LogP contribution >= 0.6 is 23.2 Å². The van der Waals surface area contributed by atoms with Crippen molar-refractivity contribution in [2.45, 2.75) is 60.4 Å². The second kappa shape index (κ2) is 21.2. The first-order chi connectivity index (χ1) is 33.2. The number of benzene rings is 2. The maximum absolute atomic E-state index is 13.0. The Morgan fingerprint density at radius 1 is 0.618 bits per heavy atom. The molecule has 21 heteroatoms. The van der Waals surface area contributed by atoms with Gasteiger partial charge >= 0.3 is 6.03 Å². The first-order valence-corrected chi connectivity index (χ1v) is 27.5. The van der Waals surface area contributed by atoms with Crippen LogP contribution in [-0.2, 0) is 39.2 Å². The predicted octanol–water partition coefficient (Wildman–Crippen LogP) is 4.18. The van der Waals surface area contributed by atoms with E-state index in [2.05, 4.69) is 59.0 Å². The standard InChI is InChI=1S/C26H34ClN7O3S.C21H27ClN6OS/c27-19-3-5-20(6-4-19)31-9-11-32(12-10-31)25-29-22-7-17-38(36)23(22)24(30-25)34-8-1-2-21(34)18-28-26(35)33-13-15-37-16-14-33;22-15-3-5-16(6-4-15)26-9-11-27(12-10-26)21-24-18-7-13-30(29)19(18)20(25-21)28-8-1-2-17(28)14-23/h3-6,21H,1-2,7-18H2,(H,28,35);3-6,17H,1-2,7-14,23H2/t21-,38?;17-,30?/m00/s1. The molecular weight excluding hydrogens is 946 g/mol. The molecule has 7 aliphatic rings. The van der Waals surface area contributed by atoms with Gasteiger partial charge in [0, 0.05) is 149 Å². The van der Waals surface area contributed by atoms with Crippen molar-refractivity contribution < 1.29 is 17.9 Å². The molecule has 0 spiro atoms. The van der Waals surface area contributed by atoms with E-state index in [1.165, 1.54) is 11.4 Å². The molecule has 0 aliphatic carbocycles. The summed E-state index contributed by atoms with van der Waals surface area (Å²) >= 11 is 12.1. The molecule has 11 rings (SSSR count). The van der Waals surface area contributed by atoms with Gasteiger partial charge in [-0.2, -0.15) is 9.97 Å². The quantitative estimate of drug-likeness (QED) is 0.245. The molecule has 0 saturated carbocycles. The summed E-state index contributed by atoms with van der Waals surface area (Å²) in [7, 11) is -2.11. The van der Waals surface area contributed by atoms with E-state index < -0.39 is 21.6 Å². The number of aromatic nitrogens is 4. The zero-order valence-corrected chi connectivity index (χ0v) is 41.6. The molecule has 0 radical (unpaired) electrons. The van der Waals surface area contributed by atoms with Gasteiger partial charge in [-0.3, -0.25) is 8.42 Å². The lowest BCUT2D eigenvalue weighted by Crippen LogP contribution is -2.49. The van der Waals surface area contributed by atoms with Gasteiger partial charge < -0.3 is 50.1 Å². The summed E-state index contributed by atoms with van der Waals surface area (Å²) in [6.07, 6.45) is 5.61. The molecule has 68 heavy (non-hydrogen) atoms. The highest BCUT2D eigenvalue weighted by Crippen LogP contribution is 2.38. The molecular formula is C47H61Cl2N13O4S2. The number of nitrogens with one attached hydrogen (secondary N) is 1. The van der Waals surface area contributed by atoms with Gasteiger partial charge in [-0.1, -0.05) is 23.2 Å². The molecule has 5 saturated heterocycles. The summed E-state index contributed by atoms with van der Waals surface area (Å²) in [4.78, 5) is 49.6. The Labute approximate surface area is 413 Å². The third-order valence-electron chi connectivity index (χ3n) is 14.2. The topological polar surface area (TPSA) is 173 Å². The van der Waals surface area contributed by atoms with Crippen LogP contribution in [0.4, 0.5) is 39.7 Å². The van der Waals surface area contributed by atoms with Crippen molar-refractivity contribution in [1.29, 1.82) is 0 Å². The van der Waals surface area contributed by atoms with Gasteiger partial charge in [0.15, 0.2) is 11.6 Å². The van der Waals surface area contributed by atoms with Crippen molar-refractivity contribution in [3.05, 3.63) is 70.0 Å². The Kier molecular flexibility index (Phi) is 14.7. The van der Waals surface area contributed by atoms with E-state index in [0.29, 0.717) is 57.3 Å². The van der Waals surface area contributed by atoms with Crippen molar-refractivity contribution in [2.24, 2.45) is 5.73 Å². The number of piperazine rings is 2. The maximum atomic E-state index is 13.0. The number of amides is 2. The van der Waals surface area contributed by atoms with E-state index in [1.807, 2.05) is 29.2 Å². The minimum absolute atomic E-state index is 0.0455. The second-order valence-corrected chi connectivity index (χ2v) is 22.1. The van der Waals surface area contributed by atoms with E-state index in [1.54, 1.807) is 0 Å². The van der Waals surface area contributed by atoms with Crippen LogP contribution in [0.2, 0.25) is 10.0 Å². The van der Waals surface area contributed by atoms with Gasteiger partial charge in [-0.05, 0) is 74.2 Å². The van der Waals surface area contributed by atoms with Gasteiger partial charge in [0.05, 0.1) is 46.2 Å². The van der Waals surface area contributed by atoms with Crippen molar-refractivity contribution >= 4 is 85.7 Å². The number of carbonyl (C=O) groups is 1. The van der Waals surface area contributed by atoms with Crippen LogP contribution < -0.4 is 40.4 Å². The zero-order chi connectivity index (χ0) is 46.7. The number of morpholine rings is 1. The number of carbonyl (C=O) groups excluding carboxylic acids is 1. The number of anilines is 6. The Morgan fingerprint density at radius 2 is 1.06 bits per heavy atom. The number of aryl methyl sites for hydroxylation is 2. The summed E-state index contributed by atoms with van der Waals surface area (Å²) in [5.74, 6) is 4.38. The van der Waals surface area contributed by atoms with E-state index >= 15 is 0 Å². The van der Waals surface area contributed by atoms with Gasteiger partial charge in [-0.25, -0.2) is 14.8 Å². The van der Waals surface area contributed by atoms with E-state index in [9.17, 15) is 13.2 Å². The number of urea groups is 1. The molecule has 2 aromatic carbocycles. The van der Waals surface area contributed by atoms with Crippen LogP contribution in [0.3, 0.4) is 0 Å². The minimum Gasteiger partial charge on any atom is -0.378 e. The molecule has 5 fully saturated rings. The molecule has 17 nitrogen and oxygen atoms in total. The Balaban J connectivity index is 0.000000163. The van der Waals surface area contributed by atoms with E-state index in [-0.39, 0.29) is 18.1 Å². The van der Waals surface area contributed by atoms with Crippen molar-refractivity contribution in [3.8, 4) is 0 Å². The van der Waals surface area contributed by atoms with Crippen LogP contribution in [-0.4, -0.2) is 168 Å². The Bertz CT molecular complexity index is 2470. The first kappa shape index (κ1) is 47.2. The lowest BCUT2D eigenvalue weighted by molar-refractivity contribution is 0.0531. The lowest BCUT2D eigenvalue weighted by Gasteiger charge is -2.37. The molecule has 9 heterocycles. The predicted molar refractivity (Wildman–Crippen MR) is 271 cm³/mol. The smallest absolute Gasteiger partial charge is 0.317 e. The van der Waals surface area contributed by atoms with Crippen LogP contribution in [0.1, 0.15) is 37.1 Å². The summed E-state index contributed by atoms with van der Waals surface area (Å²) in [6.45, 7) is 12.1. The third-order valence-corrected chi connectivity index (χ3v) is 17.6. The molecule has 2 amide bonds. The average Bonchev–Trinajstić information content (AvgIpc) is 4.21. The van der Waals surface area contributed by atoms with Crippen molar-refractivity contribution in [1.82, 2.24) is 30.2 Å². The monoisotopic (exact) mass is 1010 g/mol. The number of fused-ring (bicyclic) bond motifs is 2. The molecule has 2 aromatic heterocycles. The summed E-state index contributed by atoms with van der Waals surface area (Å²) in [5, 5.41) is 4.62. The normalized spacial score (nSPS) is 23.7. The fourth-order valence-corrected chi connectivity index (χ4v) is 13.4. The van der Waals surface area contributed by atoms with Gasteiger partial charge in [0.2, 0.25) is 11.9 Å². The summed E-state index contributed by atoms with van der Waals surface area (Å²) in [6, 6.07) is 16.3. The van der Waals surface area contributed by atoms with Gasteiger partial charge in [0.1, 0.15) is 9.79 Å². The highest BCUT2D eigenvalue weighted by molar-refractivity contribution is 7.85. The van der Waals surface area contributed by atoms with Crippen LogP contribution in [0.25, 0.3) is 0 Å². The number of nitrogens with zero attached hydrogens (tertiary/aromatic N) is 11. The number of nitrogens with two attached hydrogens (primary N) is 1. The van der Waals surface area contributed by atoms with Crippen molar-refractivity contribution in [2.75, 3.05) is 146 Å². The lowest BCUT2D eigenvalue weighted by atomic mass is 10.2. The van der Waals surface area contributed by atoms with Gasteiger partial charge in [-0.15, -0.1) is 0 Å². The first-order valence-electron chi connectivity index (χ1n) is 24.1. The number of rotatable bonds is 9. The highest BCUT2D eigenvalue weighted by Gasteiger charge is 2.37. The van der Waals surface area contributed by atoms with Gasteiger partial charge in [0.25, 0.3) is 0 Å². The second-order valence-electron chi connectivity index (χ2n) is 18.2. The van der Waals surface area contributed by atoms with E-state index in [0.717, 1.165) is 152 Å². The summed E-state index contributed by atoms with van der Waals surface area (Å²) in [5.41, 5.74) is 10.2. The Morgan fingerprint density at radius 3 is 1.53 bits per heavy atom. The average molecular weight is 1010 g/mol. The fraction of sp³-hybridized carbons (Fsp3) is 0.553. The molecule has 0 bridgehead atoms. The minimum atomic E-state index is -1.10. The number of hydrogen-bond donors (Lipinski definition) is 2. The molecule has 3 N–H and O–H groups in total. The molecule has 4 atom stereocenters. The molecule has 364 valence electrons. The van der Waals surface area contributed by atoms with Crippen molar-refractivity contribution in [3.63, 3.8) is 0 Å². The Hall–Kier alpha value is -4.53. The highest BCUT2D eigenvalue weighted by atomic mass is 35.5. The molecule has 4 aromatic rings. The van der Waals surface area contributed by atoms with E-state index in [4.69, 9.17) is 53.6 Å². The molecule has 7 aliphatic heterocycles. The van der Waals surface area contributed by atoms with Crippen LogP contribution in [0, 0.1) is 0 Å². The number of ether oxygens (including phenoxy) is 1. The van der Waals surface area contributed by atoms with Crippen LogP contribution in [0.5, 0.6) is 0 Å². The third kappa shape index (κ3) is 10.2. The number of hydrogen-bond acceptors (Lipinski definition) is 15. The summed E-state index contributed by atoms with van der Waals surface area (Å²) < 4.78 is 31.1. The van der Waals surface area contributed by atoms with Crippen LogP contribution in [0.15, 0.2) is 58.3 Å². The largest absolute Gasteiger partial charge is 0.378 e. The molecule has 2 unspecified atom stereocenters. The number of halogens is 2. The fourth-order valence-electron chi connectivity index (χ4n) is 10.4. The zero-order valence-electron chi connectivity index (χ0n) is 38.4. The maximum Gasteiger partial charge on any atom is 0.317 e. The SMILES string of the molecule is NC[C@@H]1CCCN1c1nc(N2CCN(c3ccc(Cl)cc3)CC2)nc2c1S(=O)CC2.O=C(NC[C@@H]1CCCN1c1nc(N2CCN(c3ccc(Cl)cc3)CC2)nc2c1S(=O)CC2)N1CCOCC1.